The van der Waals surface area contributed by atoms with Gasteiger partial charge in [0.25, 0.3) is 0 Å². The van der Waals surface area contributed by atoms with Crippen LogP contribution in [-0.4, -0.2) is 5.91 Å². The third kappa shape index (κ3) is 2.50. The quantitative estimate of drug-likeness (QED) is 0.742. The smallest absolute Gasteiger partial charge is 0.241 e. The van der Waals surface area contributed by atoms with Crippen molar-refractivity contribution in [3.63, 3.8) is 0 Å². The molecule has 6 heteroatoms. The van der Waals surface area contributed by atoms with E-state index in [1.54, 1.807) is 4.90 Å². The highest BCUT2D eigenvalue weighted by molar-refractivity contribution is 6.11. The number of anilines is 1. The first-order valence-corrected chi connectivity index (χ1v) is 11.3. The molecule has 3 atom stereocenters. The van der Waals surface area contributed by atoms with E-state index >= 15 is 0 Å². The standard InChI is InChI=1S/C28H23N5O/c1-18-11-12-20-21(14-29)25(32)27(16-30,17-31)28(23(20)13-18)22-9-5-6-10-24(22)33(26(28)34)15-19-7-3-2-4-8-19/h2-10,12,18,23H,11,13,15,32H2,1H3/t18-,23-,28-/m1/s1. The van der Waals surface area contributed by atoms with Crippen molar-refractivity contribution in [1.29, 1.82) is 15.8 Å². The Balaban J connectivity index is 1.86. The minimum atomic E-state index is -2.00. The number of benzene rings is 2. The molecule has 2 aromatic rings. The molecule has 2 aromatic carbocycles. The van der Waals surface area contributed by atoms with Crippen LogP contribution in [0.15, 0.2) is 77.5 Å². The highest BCUT2D eigenvalue weighted by Gasteiger charge is 2.72. The molecule has 0 bridgehead atoms. The lowest BCUT2D eigenvalue weighted by molar-refractivity contribution is -0.127. The molecule has 2 N–H and O–H groups in total. The molecule has 0 saturated carbocycles. The number of nitriles is 3. The van der Waals surface area contributed by atoms with Gasteiger partial charge in [0.1, 0.15) is 11.5 Å². The predicted molar refractivity (Wildman–Crippen MR) is 126 cm³/mol. The van der Waals surface area contributed by atoms with Gasteiger partial charge in [0.05, 0.1) is 30.0 Å². The number of hydrogen-bond donors (Lipinski definition) is 1. The second-order valence-corrected chi connectivity index (χ2v) is 9.36. The Hall–Kier alpha value is -4.34. The Morgan fingerprint density at radius 1 is 1.06 bits per heavy atom. The lowest BCUT2D eigenvalue weighted by atomic mass is 9.47. The number of allylic oxidation sites excluding steroid dienone is 4. The van der Waals surface area contributed by atoms with Crippen LogP contribution in [0.3, 0.4) is 0 Å². The Kier molecular flexibility index (Phi) is 4.82. The second kappa shape index (κ2) is 7.62. The van der Waals surface area contributed by atoms with E-state index in [-0.39, 0.29) is 23.1 Å². The molecule has 3 aliphatic rings. The number of amides is 1. The van der Waals surface area contributed by atoms with Crippen LogP contribution in [0.2, 0.25) is 0 Å². The summed E-state index contributed by atoms with van der Waals surface area (Å²) in [7, 11) is 0. The maximum atomic E-state index is 14.6. The number of rotatable bonds is 2. The van der Waals surface area contributed by atoms with Crippen LogP contribution in [0.4, 0.5) is 5.69 Å². The molecule has 0 fully saturated rings. The highest BCUT2D eigenvalue weighted by atomic mass is 16.2. The van der Waals surface area contributed by atoms with Crippen LogP contribution >= 0.6 is 0 Å². The summed E-state index contributed by atoms with van der Waals surface area (Å²) < 4.78 is 0. The minimum Gasteiger partial charge on any atom is -0.399 e. The lowest BCUT2D eigenvalue weighted by Crippen LogP contribution is -2.61. The Labute approximate surface area is 198 Å². The summed E-state index contributed by atoms with van der Waals surface area (Å²) in [5.41, 5.74) is 5.93. The van der Waals surface area contributed by atoms with Crippen LogP contribution in [-0.2, 0) is 16.8 Å². The summed E-state index contributed by atoms with van der Waals surface area (Å²) in [5, 5.41) is 31.1. The maximum absolute atomic E-state index is 14.6. The van der Waals surface area contributed by atoms with Gasteiger partial charge in [0, 0.05) is 11.6 Å². The largest absolute Gasteiger partial charge is 0.399 e. The molecular weight excluding hydrogens is 422 g/mol. The summed E-state index contributed by atoms with van der Waals surface area (Å²) >= 11 is 0. The molecule has 1 spiro atoms. The van der Waals surface area contributed by atoms with Gasteiger partial charge in [-0.1, -0.05) is 61.5 Å². The summed E-state index contributed by atoms with van der Waals surface area (Å²) in [4.78, 5) is 16.3. The van der Waals surface area contributed by atoms with Gasteiger partial charge in [-0.3, -0.25) is 4.79 Å². The normalized spacial score (nSPS) is 26.7. The fourth-order valence-electron chi connectivity index (χ4n) is 6.15. The van der Waals surface area contributed by atoms with E-state index in [2.05, 4.69) is 25.1 Å². The van der Waals surface area contributed by atoms with Crippen molar-refractivity contribution >= 4 is 11.6 Å². The molecule has 5 rings (SSSR count). The first-order chi connectivity index (χ1) is 16.5. The zero-order valence-electron chi connectivity index (χ0n) is 18.8. The van der Waals surface area contributed by atoms with Crippen LogP contribution in [0.1, 0.15) is 30.9 Å². The summed E-state index contributed by atoms with van der Waals surface area (Å²) in [6.45, 7) is 2.39. The number of carbonyl (C=O) groups excluding carboxylic acids is 1. The highest BCUT2D eigenvalue weighted by Crippen LogP contribution is 2.65. The molecule has 6 nitrogen and oxygen atoms in total. The zero-order valence-corrected chi connectivity index (χ0v) is 18.8. The fraction of sp³-hybridized carbons (Fsp3) is 0.286. The molecule has 0 unspecified atom stereocenters. The third-order valence-electron chi connectivity index (χ3n) is 7.66. The molecule has 1 amide bonds. The summed E-state index contributed by atoms with van der Waals surface area (Å²) in [6.07, 6.45) is 3.30. The van der Waals surface area contributed by atoms with Gasteiger partial charge in [0.2, 0.25) is 11.3 Å². The van der Waals surface area contributed by atoms with Crippen molar-refractivity contribution in [1.82, 2.24) is 0 Å². The van der Waals surface area contributed by atoms with Crippen LogP contribution in [0, 0.1) is 51.2 Å². The zero-order chi connectivity index (χ0) is 24.1. The van der Waals surface area contributed by atoms with Crippen molar-refractivity contribution in [3.8, 4) is 18.2 Å². The van der Waals surface area contributed by atoms with Crippen molar-refractivity contribution < 1.29 is 4.79 Å². The van der Waals surface area contributed by atoms with E-state index in [9.17, 15) is 20.6 Å². The minimum absolute atomic E-state index is 0.123. The number of nitrogens with zero attached hydrogens (tertiary/aromatic N) is 4. The molecule has 0 aromatic heterocycles. The number of para-hydroxylation sites is 1. The third-order valence-corrected chi connectivity index (χ3v) is 7.66. The SMILES string of the molecule is C[C@@H]1CC=C2C(C#N)=C(N)C(C#N)(C#N)[C@@]3(C(=O)N(Cc4ccccc4)c4ccccc43)[C@@H]2C1. The van der Waals surface area contributed by atoms with Crippen LogP contribution in [0.5, 0.6) is 0 Å². The van der Waals surface area contributed by atoms with E-state index in [0.29, 0.717) is 29.8 Å². The van der Waals surface area contributed by atoms with Crippen LogP contribution in [0.25, 0.3) is 0 Å². The van der Waals surface area contributed by atoms with Gasteiger partial charge >= 0.3 is 0 Å². The second-order valence-electron chi connectivity index (χ2n) is 9.36. The monoisotopic (exact) mass is 445 g/mol. The fourth-order valence-corrected chi connectivity index (χ4v) is 6.15. The average Bonchev–Trinajstić information content (AvgIpc) is 3.11. The van der Waals surface area contributed by atoms with Crippen molar-refractivity contribution in [2.24, 2.45) is 23.0 Å². The number of carbonyl (C=O) groups is 1. The molecule has 2 aliphatic carbocycles. The molecular formula is C28H23N5O. The maximum Gasteiger partial charge on any atom is 0.241 e. The molecule has 166 valence electrons. The van der Waals surface area contributed by atoms with E-state index in [1.165, 1.54) is 0 Å². The lowest BCUT2D eigenvalue weighted by Gasteiger charge is -2.50. The van der Waals surface area contributed by atoms with E-state index in [4.69, 9.17) is 5.73 Å². The molecule has 0 saturated heterocycles. The van der Waals surface area contributed by atoms with Crippen molar-refractivity contribution in [2.75, 3.05) is 4.90 Å². The molecule has 0 radical (unpaired) electrons. The Bertz CT molecular complexity index is 1370. The first-order valence-electron chi connectivity index (χ1n) is 11.3. The number of nitrogens with two attached hydrogens (primary N) is 1. The number of fused-ring (bicyclic) bond motifs is 4. The van der Waals surface area contributed by atoms with E-state index in [0.717, 1.165) is 12.0 Å². The van der Waals surface area contributed by atoms with Gasteiger partial charge in [-0.25, -0.2) is 0 Å². The van der Waals surface area contributed by atoms with Gasteiger partial charge in [-0.2, -0.15) is 15.8 Å². The van der Waals surface area contributed by atoms with Gasteiger partial charge in [-0.05, 0) is 41.5 Å². The number of hydrogen-bond acceptors (Lipinski definition) is 5. The molecule has 1 heterocycles. The molecule has 34 heavy (non-hydrogen) atoms. The predicted octanol–water partition coefficient (Wildman–Crippen LogP) is 4.23. The van der Waals surface area contributed by atoms with Gasteiger partial charge in [-0.15, -0.1) is 0 Å². The Morgan fingerprint density at radius 2 is 1.74 bits per heavy atom. The first kappa shape index (κ1) is 21.5. The summed E-state index contributed by atoms with van der Waals surface area (Å²) in [6, 6.07) is 23.5. The van der Waals surface area contributed by atoms with E-state index in [1.807, 2.05) is 60.7 Å². The van der Waals surface area contributed by atoms with Crippen molar-refractivity contribution in [2.45, 2.75) is 31.7 Å². The van der Waals surface area contributed by atoms with Gasteiger partial charge < -0.3 is 10.6 Å². The topological polar surface area (TPSA) is 118 Å². The van der Waals surface area contributed by atoms with Crippen molar-refractivity contribution in [3.05, 3.63) is 88.6 Å². The van der Waals surface area contributed by atoms with Gasteiger partial charge in [0.15, 0.2) is 0 Å². The molecule has 1 aliphatic heterocycles. The van der Waals surface area contributed by atoms with Crippen LogP contribution < -0.4 is 10.6 Å². The summed E-state index contributed by atoms with van der Waals surface area (Å²) in [5.74, 6) is -0.597. The average molecular weight is 446 g/mol. The van der Waals surface area contributed by atoms with E-state index < -0.39 is 16.7 Å². The Morgan fingerprint density at radius 3 is 2.41 bits per heavy atom.